The van der Waals surface area contributed by atoms with Gasteiger partial charge in [-0.25, -0.2) is 0 Å². The molecule has 0 radical (unpaired) electrons. The summed E-state index contributed by atoms with van der Waals surface area (Å²) in [6.45, 7) is 10.6. The van der Waals surface area contributed by atoms with Gasteiger partial charge in [-0.2, -0.15) is 0 Å². The van der Waals surface area contributed by atoms with Gasteiger partial charge in [0.1, 0.15) is 5.75 Å². The summed E-state index contributed by atoms with van der Waals surface area (Å²) in [7, 11) is 1.65. The largest absolute Gasteiger partial charge is 0.497 e. The average Bonchev–Trinajstić information content (AvgIpc) is 2.53. The molecule has 3 heteroatoms. The van der Waals surface area contributed by atoms with Gasteiger partial charge >= 0.3 is 0 Å². The highest BCUT2D eigenvalue weighted by atomic mass is 16.5. The van der Waals surface area contributed by atoms with Gasteiger partial charge < -0.3 is 14.6 Å². The van der Waals surface area contributed by atoms with Gasteiger partial charge in [0.05, 0.1) is 25.9 Å². The van der Waals surface area contributed by atoms with Crippen LogP contribution in [0.15, 0.2) is 36.9 Å². The van der Waals surface area contributed by atoms with E-state index in [1.165, 1.54) is 0 Å². The van der Waals surface area contributed by atoms with Crippen LogP contribution in [0.25, 0.3) is 0 Å². The zero-order chi connectivity index (χ0) is 16.5. The van der Waals surface area contributed by atoms with E-state index in [0.717, 1.165) is 24.2 Å². The van der Waals surface area contributed by atoms with Crippen LogP contribution in [-0.2, 0) is 11.3 Å². The molecule has 3 nitrogen and oxygen atoms in total. The standard InChI is InChI=1S/C19H30O3/c1-6-17(10-7-14(2)3)19(20)15(4)22-13-16-8-11-18(21-5)12-9-16/h6,8-9,11-12,14-15,17,19-20H,1,7,10,13H2,2-5H3/t15-,17+,19-/m0/s1. The van der Waals surface area contributed by atoms with Gasteiger partial charge in [0.2, 0.25) is 0 Å². The summed E-state index contributed by atoms with van der Waals surface area (Å²) in [5.74, 6) is 1.54. The molecule has 1 aromatic rings. The maximum absolute atomic E-state index is 10.4. The Morgan fingerprint density at radius 3 is 2.27 bits per heavy atom. The van der Waals surface area contributed by atoms with Crippen molar-refractivity contribution in [2.45, 2.75) is 52.4 Å². The Bertz CT molecular complexity index is 425. The van der Waals surface area contributed by atoms with Crippen LogP contribution in [0.2, 0.25) is 0 Å². The number of aliphatic hydroxyl groups is 1. The highest BCUT2D eigenvalue weighted by Gasteiger charge is 2.23. The molecule has 0 fully saturated rings. The number of hydrogen-bond donors (Lipinski definition) is 1. The molecule has 3 atom stereocenters. The summed E-state index contributed by atoms with van der Waals surface area (Å²) in [6, 6.07) is 7.77. The van der Waals surface area contributed by atoms with E-state index in [1.54, 1.807) is 7.11 Å². The highest BCUT2D eigenvalue weighted by molar-refractivity contribution is 5.26. The lowest BCUT2D eigenvalue weighted by molar-refractivity contribution is -0.0532. The molecule has 0 heterocycles. The first-order chi connectivity index (χ1) is 10.5. The summed E-state index contributed by atoms with van der Waals surface area (Å²) in [5, 5.41) is 10.4. The molecular weight excluding hydrogens is 276 g/mol. The molecule has 124 valence electrons. The van der Waals surface area contributed by atoms with Gasteiger partial charge in [0, 0.05) is 5.92 Å². The molecule has 1 N–H and O–H groups in total. The third kappa shape index (κ3) is 6.20. The summed E-state index contributed by atoms with van der Waals surface area (Å²) < 4.78 is 10.9. The number of methoxy groups -OCH3 is 1. The Morgan fingerprint density at radius 2 is 1.77 bits per heavy atom. The van der Waals surface area contributed by atoms with Crippen molar-refractivity contribution in [3.63, 3.8) is 0 Å². The van der Waals surface area contributed by atoms with Crippen molar-refractivity contribution in [1.82, 2.24) is 0 Å². The number of rotatable bonds is 10. The van der Waals surface area contributed by atoms with Gasteiger partial charge in [0.15, 0.2) is 0 Å². The van der Waals surface area contributed by atoms with Crippen LogP contribution in [0.3, 0.4) is 0 Å². The topological polar surface area (TPSA) is 38.7 Å². The monoisotopic (exact) mass is 306 g/mol. The second kappa shape index (κ2) is 9.65. The van der Waals surface area contributed by atoms with E-state index in [0.29, 0.717) is 12.5 Å². The van der Waals surface area contributed by atoms with Crippen LogP contribution >= 0.6 is 0 Å². The Balaban J connectivity index is 2.47. The zero-order valence-electron chi connectivity index (χ0n) is 14.3. The fraction of sp³-hybridized carbons (Fsp3) is 0.579. The molecule has 0 aliphatic carbocycles. The lowest BCUT2D eigenvalue weighted by atomic mass is 9.91. The third-order valence-electron chi connectivity index (χ3n) is 3.97. The highest BCUT2D eigenvalue weighted by Crippen LogP contribution is 2.21. The van der Waals surface area contributed by atoms with Crippen LogP contribution in [0.4, 0.5) is 0 Å². The van der Waals surface area contributed by atoms with Crippen LogP contribution in [0, 0.1) is 11.8 Å². The van der Waals surface area contributed by atoms with Gasteiger partial charge in [0.25, 0.3) is 0 Å². The average molecular weight is 306 g/mol. The van der Waals surface area contributed by atoms with Crippen molar-refractivity contribution in [1.29, 1.82) is 0 Å². The van der Waals surface area contributed by atoms with Crippen molar-refractivity contribution in [3.8, 4) is 5.75 Å². The van der Waals surface area contributed by atoms with Crippen LogP contribution in [0.5, 0.6) is 5.75 Å². The van der Waals surface area contributed by atoms with Crippen molar-refractivity contribution >= 4 is 0 Å². The van der Waals surface area contributed by atoms with Gasteiger partial charge in [-0.1, -0.05) is 38.5 Å². The summed E-state index contributed by atoms with van der Waals surface area (Å²) in [5.41, 5.74) is 1.07. The predicted molar refractivity (Wildman–Crippen MR) is 91.0 cm³/mol. The maximum Gasteiger partial charge on any atom is 0.118 e. The Kier molecular flexibility index (Phi) is 8.21. The predicted octanol–water partition coefficient (Wildman–Crippen LogP) is 4.20. The fourth-order valence-corrected chi connectivity index (χ4v) is 2.35. The molecule has 0 unspecified atom stereocenters. The third-order valence-corrected chi connectivity index (χ3v) is 3.97. The number of aliphatic hydroxyl groups excluding tert-OH is 1. The van der Waals surface area contributed by atoms with Gasteiger partial charge in [-0.15, -0.1) is 6.58 Å². The molecule has 1 aromatic carbocycles. The molecule has 0 saturated heterocycles. The number of hydrogen-bond acceptors (Lipinski definition) is 3. The lowest BCUT2D eigenvalue weighted by Gasteiger charge is -2.26. The van der Waals surface area contributed by atoms with Gasteiger partial charge in [-0.05, 0) is 37.0 Å². The molecule has 0 spiro atoms. The van der Waals surface area contributed by atoms with Crippen LogP contribution < -0.4 is 4.74 Å². The molecule has 0 aliphatic heterocycles. The molecule has 1 rings (SSSR count). The maximum atomic E-state index is 10.4. The van der Waals surface area contributed by atoms with E-state index in [2.05, 4.69) is 20.4 Å². The normalized spacial score (nSPS) is 15.4. The SMILES string of the molecule is C=C[C@H](CCC(C)C)[C@@H](O)[C@H](C)OCc1ccc(OC)cc1. The minimum Gasteiger partial charge on any atom is -0.497 e. The number of ether oxygens (including phenoxy) is 2. The van der Waals surface area contributed by atoms with Crippen molar-refractivity contribution in [2.75, 3.05) is 7.11 Å². The Labute approximate surface area is 135 Å². The van der Waals surface area contributed by atoms with E-state index < -0.39 is 6.10 Å². The van der Waals surface area contributed by atoms with Crippen LogP contribution in [0.1, 0.15) is 39.2 Å². The van der Waals surface area contributed by atoms with Crippen molar-refractivity contribution in [3.05, 3.63) is 42.5 Å². The zero-order valence-corrected chi connectivity index (χ0v) is 14.3. The first-order valence-electron chi connectivity index (χ1n) is 8.03. The summed E-state index contributed by atoms with van der Waals surface area (Å²) >= 11 is 0. The second-order valence-electron chi connectivity index (χ2n) is 6.23. The molecule has 22 heavy (non-hydrogen) atoms. The first-order valence-corrected chi connectivity index (χ1v) is 8.03. The summed E-state index contributed by atoms with van der Waals surface area (Å²) in [4.78, 5) is 0. The quantitative estimate of drug-likeness (QED) is 0.658. The van der Waals surface area contributed by atoms with E-state index in [-0.39, 0.29) is 12.0 Å². The van der Waals surface area contributed by atoms with E-state index in [4.69, 9.17) is 9.47 Å². The lowest BCUT2D eigenvalue weighted by Crippen LogP contribution is -2.32. The molecule has 0 aromatic heterocycles. The smallest absolute Gasteiger partial charge is 0.118 e. The second-order valence-corrected chi connectivity index (χ2v) is 6.23. The fourth-order valence-electron chi connectivity index (χ4n) is 2.35. The van der Waals surface area contributed by atoms with Crippen molar-refractivity contribution in [2.24, 2.45) is 11.8 Å². The van der Waals surface area contributed by atoms with E-state index in [9.17, 15) is 5.11 Å². The van der Waals surface area contributed by atoms with Crippen molar-refractivity contribution < 1.29 is 14.6 Å². The van der Waals surface area contributed by atoms with Crippen LogP contribution in [-0.4, -0.2) is 24.4 Å². The minimum absolute atomic E-state index is 0.0771. The first kappa shape index (κ1) is 18.7. The Hall–Kier alpha value is -1.32. The number of benzene rings is 1. The van der Waals surface area contributed by atoms with Gasteiger partial charge in [-0.3, -0.25) is 0 Å². The molecule has 0 aliphatic rings. The van der Waals surface area contributed by atoms with E-state index in [1.807, 2.05) is 37.3 Å². The molecular formula is C19H30O3. The molecule has 0 bridgehead atoms. The minimum atomic E-state index is -0.519. The molecule has 0 saturated carbocycles. The molecule has 0 amide bonds. The summed E-state index contributed by atoms with van der Waals surface area (Å²) in [6.07, 6.45) is 3.13. The van der Waals surface area contributed by atoms with E-state index >= 15 is 0 Å². The Morgan fingerprint density at radius 1 is 1.14 bits per heavy atom.